The molecule has 50 atom stereocenters. The van der Waals surface area contributed by atoms with E-state index in [2.05, 4.69) is 31.9 Å². The van der Waals surface area contributed by atoms with E-state index >= 15 is 9.59 Å². The van der Waals surface area contributed by atoms with Gasteiger partial charge in [0.15, 0.2) is 81.3 Å². The third kappa shape index (κ3) is 24.9. The van der Waals surface area contributed by atoms with Crippen LogP contribution in [0.4, 0.5) is 0 Å². The van der Waals surface area contributed by atoms with Crippen LogP contribution in [-0.2, 0) is 128 Å². The first-order chi connectivity index (χ1) is 59.9. The minimum Gasteiger partial charge on any atom is -0.870 e. The summed E-state index contributed by atoms with van der Waals surface area (Å²) in [6.45, 7) is 0.832. The Morgan fingerprint density at radius 3 is 0.962 bits per heavy atom. The summed E-state index contributed by atoms with van der Waals surface area (Å²) in [5, 5.41) is 276. The van der Waals surface area contributed by atoms with Gasteiger partial charge in [-0.05, 0) is 12.0 Å². The number of carboxylic acid groups (broad SMARTS) is 1. The van der Waals surface area contributed by atoms with E-state index in [0.717, 1.165) is 48.8 Å². The second-order valence-corrected chi connectivity index (χ2v) is 31.9. The van der Waals surface area contributed by atoms with E-state index in [1.54, 1.807) is 0 Å². The monoisotopic (exact) mass is 1910 g/mol. The van der Waals surface area contributed by atoms with Gasteiger partial charge in [-0.3, -0.25) is 28.8 Å². The maximum atomic E-state index is 15.3. The molecule has 0 spiro atoms. The molecule has 59 heteroatoms. The van der Waals surface area contributed by atoms with E-state index in [-0.39, 0.29) is 64.6 Å². The molecule has 20 unspecified atom stereocenters. The molecule has 10 heterocycles. The predicted octanol–water partition coefficient (Wildman–Crippen LogP) is -27.5. The Kier molecular flexibility index (Phi) is 42.9. The number of hydrogen-bond donors (Lipinski definition) is 28. The van der Waals surface area contributed by atoms with Crippen LogP contribution in [0.15, 0.2) is 0 Å². The fraction of sp³-hybridized carbons (Fsp3) is 0.887. The van der Waals surface area contributed by atoms with Gasteiger partial charge in [0.25, 0.3) is 11.8 Å². The summed E-state index contributed by atoms with van der Waals surface area (Å²) < 4.78 is 110. The molecule has 0 saturated carbocycles. The van der Waals surface area contributed by atoms with Crippen LogP contribution < -0.4 is 96.1 Å². The Balaban J connectivity index is 0.00000771. The quantitative estimate of drug-likeness (QED) is 0.0226. The van der Waals surface area contributed by atoms with Crippen LogP contribution in [0.3, 0.4) is 0 Å². The van der Waals surface area contributed by atoms with Crippen molar-refractivity contribution in [2.24, 2.45) is 11.8 Å². The number of aliphatic hydroxyl groups is 22. The standard InChI is InChI=1S/C71H113N6O50.2Na.H2O/c1-15-22(10-78)112-66(43(99)31(15)87)118-52-29(75-19(5)85)65(116-25(13-81)36(52)92)123-55-41(97)48(104)70(120-51-28(74-18(4)84)63(110-8)114-24(12-80)35(51)91)125-57(55)59(106)77-60-42(98)39(95)46(102)71(126-60)127-67-45(101)38(94)33(89)21(111-67)9-72-58(105)56-54(40(96)47(103)69(124-56)119-50-27(73-17(3)83)62(109-7)113-23(11-79)34(50)90)122-64-30(76-20(6)86)53(37(93)26(14-82)115-64)121-68-44(100)32(88)16(2)49(117-68)61(107)108;;;/h15-16,21-57,60,62-71,79-82,87-104H,9,11-14H2,1-8H3,(H,72,105)(H,73,83)(H,74,84)(H,75,85)(H,76,86)(H,77,106)(H,107,108);;;1H2/q-1;2*+1;/p-2/t15-,16+,21?,22?,23?,24?,25?,26?,27?,28?,29?,30?,31+,32+,33-,34-,35-,36-,37-,38+,39+,40-,41-,42+,43?,44?,45?,46?,47?,48+,49?,50-,51-,52-,53-,54+,55+,56?,57?,60?,62-,63-,64+,65+,66+,67-,68+,69-,70?,71-;;;/m1.../s1. The summed E-state index contributed by atoms with van der Waals surface area (Å²) >= 11 is 0. The van der Waals surface area contributed by atoms with Crippen molar-refractivity contribution in [3.05, 3.63) is 0 Å². The normalized spacial score (nSPS) is 46.9. The van der Waals surface area contributed by atoms with Gasteiger partial charge in [-0.2, -0.15) is 0 Å². The summed E-state index contributed by atoms with van der Waals surface area (Å²) in [6.07, 6.45) is -95.3. The first-order valence-electron chi connectivity index (χ1n) is 40.0. The predicted molar refractivity (Wildman–Crippen MR) is 390 cm³/mol. The smallest absolute Gasteiger partial charge is 0.870 e. The van der Waals surface area contributed by atoms with Crippen LogP contribution in [-0.4, -0.2) is 507 Å². The number of aliphatic carboxylic acids is 1. The molecule has 57 nitrogen and oxygen atoms in total. The third-order valence-electron chi connectivity index (χ3n) is 23.2. The number of carboxylic acids is 1. The molecule has 29 N–H and O–H groups in total. The van der Waals surface area contributed by atoms with Crippen molar-refractivity contribution in [2.45, 2.75) is 336 Å². The molecule has 0 aromatic carbocycles. The van der Waals surface area contributed by atoms with E-state index in [4.69, 9.17) is 90.0 Å². The number of ether oxygens (including phenoxy) is 19. The first-order valence-corrected chi connectivity index (χ1v) is 40.0. The van der Waals surface area contributed by atoms with Crippen LogP contribution in [0.25, 0.3) is 0 Å². The van der Waals surface area contributed by atoms with Gasteiger partial charge in [0, 0.05) is 54.4 Å². The minimum absolute atomic E-state index is 0. The Morgan fingerprint density at radius 2 is 0.608 bits per heavy atom. The fourth-order valence-corrected chi connectivity index (χ4v) is 16.2. The molecule has 0 aromatic heterocycles. The van der Waals surface area contributed by atoms with Crippen LogP contribution in [0.2, 0.25) is 0 Å². The zero-order valence-corrected chi connectivity index (χ0v) is 75.1. The summed E-state index contributed by atoms with van der Waals surface area (Å²) in [6, 6.07) is -7.23. The Morgan fingerprint density at radius 1 is 0.315 bits per heavy atom. The number of hydrogen-bond acceptors (Lipinski definition) is 51. The van der Waals surface area contributed by atoms with Crippen molar-refractivity contribution < 1.29 is 310 Å². The zero-order chi connectivity index (χ0) is 93.8. The van der Waals surface area contributed by atoms with Crippen LogP contribution in [0.1, 0.15) is 41.5 Å². The second kappa shape index (κ2) is 49.2. The van der Waals surface area contributed by atoms with Crippen molar-refractivity contribution in [2.75, 3.05) is 47.2 Å². The van der Waals surface area contributed by atoms with Crippen molar-refractivity contribution >= 4 is 47.7 Å². The minimum atomic E-state index is -2.64. The molecular formula is C71H113N6Na2O51-. The number of amides is 6. The van der Waals surface area contributed by atoms with Gasteiger partial charge in [-0.25, -0.2) is 6.29 Å². The second-order valence-electron chi connectivity index (χ2n) is 31.9. The largest absolute Gasteiger partial charge is 1.00 e. The van der Waals surface area contributed by atoms with E-state index in [0.29, 0.717) is 0 Å². The molecule has 0 radical (unpaired) electrons. The zero-order valence-electron chi connectivity index (χ0n) is 71.1. The van der Waals surface area contributed by atoms with Crippen LogP contribution in [0.5, 0.6) is 0 Å². The first kappa shape index (κ1) is 113. The van der Waals surface area contributed by atoms with Crippen molar-refractivity contribution in [1.82, 2.24) is 31.9 Å². The SMILES string of the molecule is CO[C@@H]1OC(CO)[C@@H](O)[C@H](OC2OC(C(=O)NC3O[C@H](O[C@H]4OC(CNC(=O)C5O[C@@H](O[C@@H]6C(NC(C)=O)[C@H](OC)OC(CO)[C@H]6O)C(O)[C@@H](O)[C@@H]5O[C@@H]5OC(CO)[C@@H](O)[C@H](O[C@@H]6OC(C(=O)[O-])[C@@H](C)[C@H](O)C6O)C5NC(C)=O)[C@@H](O)[C@H](O)C4O)C(O)[C@@H](O)[C@@H]3O)[C@@H](O[C@@H]3OC(CO)[C@@H](O)[C@H](O[C@@H]4OC([C-]=O)[C@@H](C)[C@H](O)C4O)C3NC(C)=O)[C@H](O)[C@@H]2O)C1NC(C)=O.[Na+].[Na+].[OH-]. The molecule has 10 rings (SSSR count). The van der Waals surface area contributed by atoms with Crippen LogP contribution >= 0.6 is 0 Å². The van der Waals surface area contributed by atoms with Gasteiger partial charge in [0.05, 0.1) is 44.6 Å². The van der Waals surface area contributed by atoms with Crippen LogP contribution in [0, 0.1) is 11.8 Å². The number of rotatable bonds is 31. The molecular weight excluding hydrogens is 1800 g/mol. The van der Waals surface area contributed by atoms with Gasteiger partial charge in [-0.15, -0.1) is 0 Å². The molecule has 10 saturated heterocycles. The van der Waals surface area contributed by atoms with Crippen molar-refractivity contribution in [3.63, 3.8) is 0 Å². The Bertz CT molecular complexity index is 3660. The molecule has 0 aliphatic carbocycles. The van der Waals surface area contributed by atoms with E-state index < -0.39 is 381 Å². The molecule has 0 bridgehead atoms. The topological polar surface area (TPSA) is 882 Å². The molecule has 10 aliphatic rings. The fourth-order valence-electron chi connectivity index (χ4n) is 16.2. The summed E-state index contributed by atoms with van der Waals surface area (Å²) in [5.74, 6) is -11.3. The average molecular weight is 1910 g/mol. The molecule has 10 aliphatic heterocycles. The molecule has 10 fully saturated rings. The number of methoxy groups -OCH3 is 2. The number of nitrogens with one attached hydrogen (secondary N) is 6. The summed E-state index contributed by atoms with van der Waals surface area (Å²) in [7, 11) is 2.15. The van der Waals surface area contributed by atoms with E-state index in [1.807, 2.05) is 0 Å². The Hall–Kier alpha value is -3.72. The summed E-state index contributed by atoms with van der Waals surface area (Å²) in [4.78, 5) is 106. The van der Waals surface area contributed by atoms with Gasteiger partial charge in [-0.1, -0.05) is 13.8 Å². The van der Waals surface area contributed by atoms with Crippen molar-refractivity contribution in [1.29, 1.82) is 0 Å². The number of aliphatic hydroxyl groups excluding tert-OH is 22. The van der Waals surface area contributed by atoms with E-state index in [1.165, 1.54) is 13.2 Å². The number of carbonyl (C=O) groups excluding carboxylic acids is 8. The maximum absolute atomic E-state index is 15.3. The molecule has 6 amide bonds. The van der Waals surface area contributed by atoms with Crippen molar-refractivity contribution in [3.8, 4) is 0 Å². The van der Waals surface area contributed by atoms with E-state index in [9.17, 15) is 146 Å². The molecule has 736 valence electrons. The van der Waals surface area contributed by atoms with Gasteiger partial charge < -0.3 is 254 Å². The number of carbonyl (C=O) groups is 7. The van der Waals surface area contributed by atoms with Gasteiger partial charge in [0.1, 0.15) is 195 Å². The Labute approximate surface area is 781 Å². The average Bonchev–Trinajstić information content (AvgIpc) is 0.761. The third-order valence-corrected chi connectivity index (χ3v) is 23.2. The molecule has 0 aromatic rings. The van der Waals surface area contributed by atoms with Gasteiger partial charge >= 0.3 is 59.1 Å². The molecule has 130 heavy (non-hydrogen) atoms. The maximum Gasteiger partial charge on any atom is 1.00 e. The summed E-state index contributed by atoms with van der Waals surface area (Å²) in [5.41, 5.74) is 0. The van der Waals surface area contributed by atoms with Gasteiger partial charge in [0.2, 0.25) is 23.6 Å².